The van der Waals surface area contributed by atoms with Gasteiger partial charge in [0.25, 0.3) is 5.91 Å². The Bertz CT molecular complexity index is 797. The number of hydrogen-bond acceptors (Lipinski definition) is 4. The summed E-state index contributed by atoms with van der Waals surface area (Å²) in [7, 11) is 0. The van der Waals surface area contributed by atoms with Crippen LogP contribution in [0.15, 0.2) is 51.2 Å². The molecule has 0 aliphatic rings. The van der Waals surface area contributed by atoms with Gasteiger partial charge in [-0.15, -0.1) is 11.3 Å². The molecule has 2 aromatic heterocycles. The Morgan fingerprint density at radius 3 is 2.78 bits per heavy atom. The highest BCUT2D eigenvalue weighted by Crippen LogP contribution is 2.32. The molecular formula is C15H12Br2N4OS. The van der Waals surface area contributed by atoms with Crippen LogP contribution in [0, 0.1) is 0 Å². The van der Waals surface area contributed by atoms with Crippen LogP contribution in [0.25, 0.3) is 0 Å². The number of carbonyl (C=O) groups excluding carboxylic acids is 1. The van der Waals surface area contributed by atoms with E-state index in [9.17, 15) is 4.79 Å². The van der Waals surface area contributed by atoms with Crippen LogP contribution in [0.1, 0.15) is 20.8 Å². The molecule has 3 aromatic rings. The predicted molar refractivity (Wildman–Crippen MR) is 96.5 cm³/mol. The number of aromatic nitrogens is 3. The zero-order chi connectivity index (χ0) is 16.2. The average molecular weight is 456 g/mol. The lowest BCUT2D eigenvalue weighted by Crippen LogP contribution is -2.21. The highest BCUT2D eigenvalue weighted by atomic mass is 79.9. The zero-order valence-electron chi connectivity index (χ0n) is 11.9. The normalized spacial score (nSPS) is 10.7. The quantitative estimate of drug-likeness (QED) is 0.635. The first-order valence-corrected chi connectivity index (χ1v) is 9.15. The van der Waals surface area contributed by atoms with E-state index in [1.54, 1.807) is 11.0 Å². The van der Waals surface area contributed by atoms with Crippen LogP contribution < -0.4 is 5.32 Å². The summed E-state index contributed by atoms with van der Waals surface area (Å²) in [6.45, 7) is 1.14. The van der Waals surface area contributed by atoms with Gasteiger partial charge in [0.05, 0.1) is 15.2 Å². The molecule has 5 nitrogen and oxygen atoms in total. The summed E-state index contributed by atoms with van der Waals surface area (Å²) in [6.07, 6.45) is 3.20. The van der Waals surface area contributed by atoms with Crippen molar-refractivity contribution in [1.82, 2.24) is 20.1 Å². The zero-order valence-corrected chi connectivity index (χ0v) is 15.9. The number of halogens is 2. The van der Waals surface area contributed by atoms with Crippen molar-refractivity contribution >= 4 is 49.1 Å². The SMILES string of the molecule is O=C(NCc1cccc(Cn2cncn2)c1)c1cc(Br)c(Br)s1. The van der Waals surface area contributed by atoms with Crippen LogP contribution in [0.5, 0.6) is 0 Å². The van der Waals surface area contributed by atoms with Gasteiger partial charge in [0.1, 0.15) is 12.7 Å². The number of nitrogens with one attached hydrogen (secondary N) is 1. The maximum atomic E-state index is 12.2. The highest BCUT2D eigenvalue weighted by Gasteiger charge is 2.11. The van der Waals surface area contributed by atoms with Gasteiger partial charge < -0.3 is 5.32 Å². The molecule has 0 aliphatic carbocycles. The Balaban J connectivity index is 1.62. The predicted octanol–water partition coefficient (Wildman–Crippen LogP) is 3.84. The lowest BCUT2D eigenvalue weighted by atomic mass is 10.1. The molecule has 1 aromatic carbocycles. The first-order valence-electron chi connectivity index (χ1n) is 6.75. The lowest BCUT2D eigenvalue weighted by Gasteiger charge is -2.07. The van der Waals surface area contributed by atoms with Gasteiger partial charge >= 0.3 is 0 Å². The van der Waals surface area contributed by atoms with Crippen molar-refractivity contribution < 1.29 is 4.79 Å². The highest BCUT2D eigenvalue weighted by molar-refractivity contribution is 9.13. The molecule has 118 valence electrons. The molecule has 0 unspecified atom stereocenters. The van der Waals surface area contributed by atoms with Crippen LogP contribution in [-0.2, 0) is 13.1 Å². The molecule has 0 saturated carbocycles. The van der Waals surface area contributed by atoms with Gasteiger partial charge in [0, 0.05) is 11.0 Å². The van der Waals surface area contributed by atoms with Gasteiger partial charge in [-0.05, 0) is 49.1 Å². The Kier molecular flexibility index (Phi) is 5.24. The molecule has 1 N–H and O–H groups in total. The number of carbonyl (C=O) groups is 1. The molecule has 0 spiro atoms. The Labute approximate surface area is 154 Å². The van der Waals surface area contributed by atoms with E-state index in [0.29, 0.717) is 18.0 Å². The van der Waals surface area contributed by atoms with E-state index in [1.807, 2.05) is 24.3 Å². The van der Waals surface area contributed by atoms with Crippen LogP contribution in [0.3, 0.4) is 0 Å². The second kappa shape index (κ2) is 7.37. The molecule has 23 heavy (non-hydrogen) atoms. The van der Waals surface area contributed by atoms with Crippen molar-refractivity contribution in [2.24, 2.45) is 0 Å². The number of amides is 1. The van der Waals surface area contributed by atoms with E-state index in [0.717, 1.165) is 19.4 Å². The average Bonchev–Trinajstić information content (AvgIpc) is 3.16. The fraction of sp³-hybridized carbons (Fsp3) is 0.133. The molecular weight excluding hydrogens is 444 g/mol. The molecule has 0 bridgehead atoms. The summed E-state index contributed by atoms with van der Waals surface area (Å²) in [5.41, 5.74) is 2.16. The largest absolute Gasteiger partial charge is 0.347 e. The summed E-state index contributed by atoms with van der Waals surface area (Å²) in [5.74, 6) is -0.0805. The molecule has 1 amide bonds. The Morgan fingerprint density at radius 2 is 2.09 bits per heavy atom. The maximum Gasteiger partial charge on any atom is 0.261 e. The lowest BCUT2D eigenvalue weighted by molar-refractivity contribution is 0.0955. The van der Waals surface area contributed by atoms with Gasteiger partial charge in [-0.3, -0.25) is 4.79 Å². The molecule has 0 radical (unpaired) electrons. The first kappa shape index (κ1) is 16.4. The summed E-state index contributed by atoms with van der Waals surface area (Å²) in [5, 5.41) is 7.03. The van der Waals surface area contributed by atoms with Crippen molar-refractivity contribution in [3.05, 3.63) is 67.2 Å². The fourth-order valence-corrected chi connectivity index (χ4v) is 4.02. The number of rotatable bonds is 5. The van der Waals surface area contributed by atoms with Gasteiger partial charge in [0.2, 0.25) is 0 Å². The van der Waals surface area contributed by atoms with Gasteiger partial charge in [-0.2, -0.15) is 5.10 Å². The van der Waals surface area contributed by atoms with Crippen LogP contribution in [0.4, 0.5) is 0 Å². The van der Waals surface area contributed by atoms with Crippen molar-refractivity contribution in [3.8, 4) is 0 Å². The third-order valence-electron chi connectivity index (χ3n) is 3.12. The van der Waals surface area contributed by atoms with Gasteiger partial charge in [-0.1, -0.05) is 24.3 Å². The van der Waals surface area contributed by atoms with Crippen LogP contribution >= 0.6 is 43.2 Å². The minimum atomic E-state index is -0.0805. The second-order valence-corrected chi connectivity index (χ2v) is 8.05. The molecule has 0 atom stereocenters. The summed E-state index contributed by atoms with van der Waals surface area (Å²) >= 11 is 8.19. The Morgan fingerprint density at radius 1 is 1.26 bits per heavy atom. The van der Waals surface area contributed by atoms with E-state index in [1.165, 1.54) is 17.7 Å². The standard InChI is InChI=1S/C15H12Br2N4OS/c16-12-5-13(23-14(12)17)15(22)19-6-10-2-1-3-11(4-10)7-21-9-18-8-20-21/h1-5,8-9H,6-7H2,(H,19,22). The topological polar surface area (TPSA) is 59.8 Å². The van der Waals surface area contributed by atoms with E-state index >= 15 is 0 Å². The van der Waals surface area contributed by atoms with Crippen LogP contribution in [0.2, 0.25) is 0 Å². The van der Waals surface area contributed by atoms with Crippen molar-refractivity contribution in [1.29, 1.82) is 0 Å². The summed E-state index contributed by atoms with van der Waals surface area (Å²) < 4.78 is 3.57. The number of benzene rings is 1. The van der Waals surface area contributed by atoms with E-state index in [4.69, 9.17) is 0 Å². The molecule has 3 rings (SSSR count). The third kappa shape index (κ3) is 4.27. The first-order chi connectivity index (χ1) is 11.1. The number of nitrogens with zero attached hydrogens (tertiary/aromatic N) is 3. The maximum absolute atomic E-state index is 12.2. The van der Waals surface area contributed by atoms with Crippen molar-refractivity contribution in [2.45, 2.75) is 13.1 Å². The monoisotopic (exact) mass is 454 g/mol. The van der Waals surface area contributed by atoms with Gasteiger partial charge in [0.15, 0.2) is 0 Å². The van der Waals surface area contributed by atoms with E-state index < -0.39 is 0 Å². The summed E-state index contributed by atoms with van der Waals surface area (Å²) in [4.78, 5) is 16.8. The second-order valence-electron chi connectivity index (χ2n) is 4.83. The third-order valence-corrected chi connectivity index (χ3v) is 6.38. The van der Waals surface area contributed by atoms with Crippen molar-refractivity contribution in [3.63, 3.8) is 0 Å². The molecule has 0 saturated heterocycles. The van der Waals surface area contributed by atoms with Crippen molar-refractivity contribution in [2.75, 3.05) is 0 Å². The number of thiophene rings is 1. The van der Waals surface area contributed by atoms with E-state index in [2.05, 4.69) is 53.3 Å². The van der Waals surface area contributed by atoms with Gasteiger partial charge in [-0.25, -0.2) is 9.67 Å². The van der Waals surface area contributed by atoms with E-state index in [-0.39, 0.29) is 5.91 Å². The molecule has 0 fully saturated rings. The smallest absolute Gasteiger partial charge is 0.261 e. The molecule has 8 heteroatoms. The van der Waals surface area contributed by atoms with Crippen LogP contribution in [-0.4, -0.2) is 20.7 Å². The molecule has 2 heterocycles. The Hall–Kier alpha value is -1.51. The summed E-state index contributed by atoms with van der Waals surface area (Å²) in [6, 6.07) is 9.87. The minimum absolute atomic E-state index is 0.0805. The molecule has 0 aliphatic heterocycles. The fourth-order valence-electron chi connectivity index (χ4n) is 2.07. The number of hydrogen-bond donors (Lipinski definition) is 1. The minimum Gasteiger partial charge on any atom is -0.347 e.